The van der Waals surface area contributed by atoms with E-state index in [0.29, 0.717) is 28.6 Å². The Bertz CT molecular complexity index is 960. The molecule has 9 heteroatoms. The molecule has 0 saturated heterocycles. The van der Waals surface area contributed by atoms with Gasteiger partial charge in [0.05, 0.1) is 19.1 Å². The highest BCUT2D eigenvalue weighted by Crippen LogP contribution is 2.34. The Morgan fingerprint density at radius 1 is 1.19 bits per heavy atom. The molecule has 144 valence electrons. The van der Waals surface area contributed by atoms with E-state index >= 15 is 0 Å². The minimum Gasteiger partial charge on any atom is -0.497 e. The van der Waals surface area contributed by atoms with Gasteiger partial charge in [-0.05, 0) is 31.2 Å². The predicted molar refractivity (Wildman–Crippen MR) is 101 cm³/mol. The van der Waals surface area contributed by atoms with Crippen molar-refractivity contribution in [1.82, 2.24) is 0 Å². The highest BCUT2D eigenvalue weighted by atomic mass is 32.2. The zero-order valence-corrected chi connectivity index (χ0v) is 15.9. The molecule has 0 radical (unpaired) electrons. The Kier molecular flexibility index (Phi) is 5.13. The standard InChI is InChI=1S/C18H20N2O6S/c1-12(18(21)19-13-7-8-16-17(9-13)26-11-25-16)20(27(3,22)23)14-5-4-6-15(10-14)24-2/h4-10,12H,11H2,1-3H3,(H,19,21)/t12-/m0/s1. The number of carbonyl (C=O) groups is 1. The topological polar surface area (TPSA) is 94.2 Å². The summed E-state index contributed by atoms with van der Waals surface area (Å²) in [6.45, 7) is 1.64. The van der Waals surface area contributed by atoms with E-state index in [-0.39, 0.29) is 6.79 Å². The van der Waals surface area contributed by atoms with Crippen LogP contribution < -0.4 is 23.8 Å². The van der Waals surface area contributed by atoms with E-state index in [2.05, 4.69) is 5.32 Å². The minimum atomic E-state index is -3.72. The van der Waals surface area contributed by atoms with Gasteiger partial charge in [0.2, 0.25) is 22.7 Å². The maximum atomic E-state index is 12.7. The van der Waals surface area contributed by atoms with Gasteiger partial charge in [-0.25, -0.2) is 8.42 Å². The predicted octanol–water partition coefficient (Wildman–Crippen LogP) is 2.22. The zero-order valence-electron chi connectivity index (χ0n) is 15.1. The quantitative estimate of drug-likeness (QED) is 0.810. The van der Waals surface area contributed by atoms with Crippen LogP contribution in [0.2, 0.25) is 0 Å². The van der Waals surface area contributed by atoms with Gasteiger partial charge in [0.1, 0.15) is 11.8 Å². The molecule has 0 unspecified atom stereocenters. The van der Waals surface area contributed by atoms with E-state index in [0.717, 1.165) is 10.6 Å². The Balaban J connectivity index is 1.85. The third kappa shape index (κ3) is 4.08. The number of methoxy groups -OCH3 is 1. The smallest absolute Gasteiger partial charge is 0.247 e. The monoisotopic (exact) mass is 392 g/mol. The number of carbonyl (C=O) groups excluding carboxylic acids is 1. The normalized spacial score (nSPS) is 13.7. The molecule has 1 amide bonds. The van der Waals surface area contributed by atoms with Crippen LogP contribution in [-0.2, 0) is 14.8 Å². The molecule has 2 aromatic carbocycles. The lowest BCUT2D eigenvalue weighted by Gasteiger charge is -2.28. The fraction of sp³-hybridized carbons (Fsp3) is 0.278. The average molecular weight is 392 g/mol. The second-order valence-electron chi connectivity index (χ2n) is 5.99. The van der Waals surface area contributed by atoms with Gasteiger partial charge in [-0.15, -0.1) is 0 Å². The molecule has 2 aromatic rings. The van der Waals surface area contributed by atoms with Gasteiger partial charge in [-0.3, -0.25) is 9.10 Å². The molecule has 1 N–H and O–H groups in total. The Hall–Kier alpha value is -2.94. The summed E-state index contributed by atoms with van der Waals surface area (Å²) in [5.41, 5.74) is 0.820. The summed E-state index contributed by atoms with van der Waals surface area (Å²) in [6.07, 6.45) is 1.05. The second kappa shape index (κ2) is 7.36. The number of nitrogens with zero attached hydrogens (tertiary/aromatic N) is 1. The summed E-state index contributed by atoms with van der Waals surface area (Å²) >= 11 is 0. The van der Waals surface area contributed by atoms with Gasteiger partial charge in [0.15, 0.2) is 11.5 Å². The van der Waals surface area contributed by atoms with E-state index < -0.39 is 22.0 Å². The third-order valence-corrected chi connectivity index (χ3v) is 5.28. The Morgan fingerprint density at radius 3 is 2.63 bits per heavy atom. The maximum absolute atomic E-state index is 12.7. The minimum absolute atomic E-state index is 0.126. The number of sulfonamides is 1. The molecule has 27 heavy (non-hydrogen) atoms. The van der Waals surface area contributed by atoms with Crippen LogP contribution in [0.4, 0.5) is 11.4 Å². The molecule has 1 heterocycles. The van der Waals surface area contributed by atoms with Crippen LogP contribution in [0.5, 0.6) is 17.2 Å². The molecule has 1 aliphatic rings. The number of hydrogen-bond donors (Lipinski definition) is 1. The van der Waals surface area contributed by atoms with Gasteiger partial charge in [-0.1, -0.05) is 6.07 Å². The number of anilines is 2. The Labute approximate surface area is 157 Å². The SMILES string of the molecule is COc1cccc(N([C@@H](C)C(=O)Nc2ccc3c(c2)OCO3)S(C)(=O)=O)c1. The van der Waals surface area contributed by atoms with Crippen LogP contribution >= 0.6 is 0 Å². The summed E-state index contributed by atoms with van der Waals surface area (Å²) in [5, 5.41) is 2.71. The molecular formula is C18H20N2O6S. The Morgan fingerprint density at radius 2 is 1.93 bits per heavy atom. The molecule has 0 fully saturated rings. The van der Waals surface area contributed by atoms with Crippen LogP contribution in [0.25, 0.3) is 0 Å². The first-order valence-electron chi connectivity index (χ1n) is 8.13. The fourth-order valence-corrected chi connectivity index (χ4v) is 3.94. The van der Waals surface area contributed by atoms with Gasteiger partial charge in [0, 0.05) is 17.8 Å². The van der Waals surface area contributed by atoms with Gasteiger partial charge in [0.25, 0.3) is 0 Å². The van der Waals surface area contributed by atoms with Crippen molar-refractivity contribution in [3.63, 3.8) is 0 Å². The molecule has 0 aliphatic carbocycles. The van der Waals surface area contributed by atoms with Crippen molar-refractivity contribution in [2.24, 2.45) is 0 Å². The van der Waals surface area contributed by atoms with E-state index in [4.69, 9.17) is 14.2 Å². The first-order valence-corrected chi connectivity index (χ1v) is 9.98. The van der Waals surface area contributed by atoms with Gasteiger partial charge >= 0.3 is 0 Å². The summed E-state index contributed by atoms with van der Waals surface area (Å²) in [7, 11) is -2.23. The van der Waals surface area contributed by atoms with Crippen LogP contribution in [0, 0.1) is 0 Å². The highest BCUT2D eigenvalue weighted by molar-refractivity contribution is 7.92. The van der Waals surface area contributed by atoms with E-state index in [1.807, 2.05) is 0 Å². The second-order valence-corrected chi connectivity index (χ2v) is 7.85. The summed E-state index contributed by atoms with van der Waals surface area (Å²) in [4.78, 5) is 12.7. The first kappa shape index (κ1) is 18.8. The highest BCUT2D eigenvalue weighted by Gasteiger charge is 2.29. The van der Waals surface area contributed by atoms with Gasteiger partial charge < -0.3 is 19.5 Å². The van der Waals surface area contributed by atoms with Crippen molar-refractivity contribution in [2.45, 2.75) is 13.0 Å². The van der Waals surface area contributed by atoms with E-state index in [9.17, 15) is 13.2 Å². The summed E-state index contributed by atoms with van der Waals surface area (Å²) < 4.78 is 41.4. The van der Waals surface area contributed by atoms with Crippen LogP contribution in [0.3, 0.4) is 0 Å². The molecule has 0 bridgehead atoms. The summed E-state index contributed by atoms with van der Waals surface area (Å²) in [5.74, 6) is 1.12. The number of benzene rings is 2. The summed E-state index contributed by atoms with van der Waals surface area (Å²) in [6, 6.07) is 10.5. The number of rotatable bonds is 6. The number of nitrogens with one attached hydrogen (secondary N) is 1. The largest absolute Gasteiger partial charge is 0.497 e. The lowest BCUT2D eigenvalue weighted by molar-refractivity contribution is -0.116. The molecule has 3 rings (SSSR count). The van der Waals surface area contributed by atoms with E-state index in [1.54, 1.807) is 42.5 Å². The molecule has 0 saturated carbocycles. The molecule has 0 aromatic heterocycles. The average Bonchev–Trinajstić information content (AvgIpc) is 3.08. The van der Waals surface area contributed by atoms with E-state index in [1.165, 1.54) is 14.0 Å². The number of fused-ring (bicyclic) bond motifs is 1. The maximum Gasteiger partial charge on any atom is 0.247 e. The first-order chi connectivity index (χ1) is 12.8. The zero-order chi connectivity index (χ0) is 19.6. The van der Waals surface area contributed by atoms with Crippen LogP contribution in [0.15, 0.2) is 42.5 Å². The fourth-order valence-electron chi connectivity index (χ4n) is 2.78. The number of amides is 1. The third-order valence-electron chi connectivity index (χ3n) is 4.04. The lowest BCUT2D eigenvalue weighted by Crippen LogP contribution is -2.45. The lowest BCUT2D eigenvalue weighted by atomic mass is 10.2. The van der Waals surface area contributed by atoms with Crippen LogP contribution in [-0.4, -0.2) is 40.5 Å². The number of ether oxygens (including phenoxy) is 3. The van der Waals surface area contributed by atoms with Crippen molar-refractivity contribution >= 4 is 27.3 Å². The molecule has 0 spiro atoms. The molecule has 1 aliphatic heterocycles. The molecule has 8 nitrogen and oxygen atoms in total. The number of hydrogen-bond acceptors (Lipinski definition) is 6. The van der Waals surface area contributed by atoms with Crippen molar-refractivity contribution in [3.05, 3.63) is 42.5 Å². The molecular weight excluding hydrogens is 372 g/mol. The van der Waals surface area contributed by atoms with Crippen molar-refractivity contribution < 1.29 is 27.4 Å². The van der Waals surface area contributed by atoms with Crippen LogP contribution in [0.1, 0.15) is 6.92 Å². The van der Waals surface area contributed by atoms with Gasteiger partial charge in [-0.2, -0.15) is 0 Å². The van der Waals surface area contributed by atoms with Crippen molar-refractivity contribution in [3.8, 4) is 17.2 Å². The van der Waals surface area contributed by atoms with Crippen molar-refractivity contribution in [2.75, 3.05) is 29.8 Å². The van der Waals surface area contributed by atoms with Crippen molar-refractivity contribution in [1.29, 1.82) is 0 Å². The molecule has 1 atom stereocenters.